The van der Waals surface area contributed by atoms with E-state index in [2.05, 4.69) is 14.8 Å². The van der Waals surface area contributed by atoms with E-state index in [9.17, 15) is 13.2 Å². The zero-order valence-corrected chi connectivity index (χ0v) is 12.9. The van der Waals surface area contributed by atoms with Gasteiger partial charge in [-0.2, -0.15) is 0 Å². The minimum atomic E-state index is -4.33. The van der Waals surface area contributed by atoms with Gasteiger partial charge in [-0.1, -0.05) is 23.4 Å². The minimum Gasteiger partial charge on any atom is -0.423 e. The smallest absolute Gasteiger partial charge is 0.423 e. The average molecular weight is 337 g/mol. The Bertz CT molecular complexity index is 981. The van der Waals surface area contributed by atoms with E-state index in [1.54, 1.807) is 30.3 Å². The Morgan fingerprint density at radius 3 is 2.39 bits per heavy atom. The molecule has 0 spiro atoms. The Morgan fingerprint density at radius 2 is 1.78 bits per heavy atom. The molecular weight excluding hydrogens is 326 g/mol. The molecule has 3 aromatic rings. The number of para-hydroxylation sites is 1. The number of nitrogens with zero attached hydrogens (tertiary/aromatic N) is 3. The molecule has 0 saturated heterocycles. The topological polar surface area (TPSA) is 117 Å². The molecule has 3 rings (SSSR count). The Morgan fingerprint density at radius 1 is 1.09 bits per heavy atom. The second-order valence-corrected chi connectivity index (χ2v) is 6.29. The van der Waals surface area contributed by atoms with Crippen molar-refractivity contribution in [3.05, 3.63) is 52.3 Å². The Balaban J connectivity index is 2.14. The lowest BCUT2D eigenvalue weighted by molar-refractivity contribution is 0.351. The van der Waals surface area contributed by atoms with Crippen LogP contribution in [0.5, 0.6) is 11.8 Å². The van der Waals surface area contributed by atoms with Crippen LogP contribution in [0.25, 0.3) is 0 Å². The molecule has 0 N–H and O–H groups in total. The van der Waals surface area contributed by atoms with E-state index in [1.807, 2.05) is 0 Å². The normalized spacial score (nSPS) is 11.6. The highest BCUT2D eigenvalue weighted by molar-refractivity contribution is 7.90. The van der Waals surface area contributed by atoms with Crippen molar-refractivity contribution in [1.29, 1.82) is 0 Å². The lowest BCUT2D eigenvalue weighted by Gasteiger charge is -2.06. The number of hydrogen-bond acceptors (Lipinski definition) is 8. The summed E-state index contributed by atoms with van der Waals surface area (Å²) in [5.41, 5.74) is 0.112. The highest BCUT2D eigenvalue weighted by atomic mass is 32.2. The minimum absolute atomic E-state index is 0.0428. The van der Waals surface area contributed by atoms with E-state index in [4.69, 9.17) is 9.26 Å². The first-order valence-corrected chi connectivity index (χ1v) is 7.85. The van der Waals surface area contributed by atoms with Gasteiger partial charge < -0.3 is 9.26 Å². The van der Waals surface area contributed by atoms with Crippen molar-refractivity contribution in [1.82, 2.24) is 14.3 Å². The molecule has 23 heavy (non-hydrogen) atoms. The Labute approximate surface area is 130 Å². The summed E-state index contributed by atoms with van der Waals surface area (Å²) < 4.78 is 40.3. The van der Waals surface area contributed by atoms with E-state index < -0.39 is 21.8 Å². The fraction of sp³-hybridized carbons (Fsp3) is 0.154. The van der Waals surface area contributed by atoms with Crippen molar-refractivity contribution in [2.24, 2.45) is 0 Å². The number of ether oxygens (including phenoxy) is 1. The highest BCUT2D eigenvalue weighted by Gasteiger charge is 2.32. The van der Waals surface area contributed by atoms with Crippen LogP contribution >= 0.6 is 0 Å². The molecule has 0 saturated carbocycles. The van der Waals surface area contributed by atoms with E-state index in [0.29, 0.717) is 9.72 Å². The fourth-order valence-corrected chi connectivity index (χ4v) is 3.52. The second-order valence-electron chi connectivity index (χ2n) is 4.57. The molecule has 120 valence electrons. The summed E-state index contributed by atoms with van der Waals surface area (Å²) >= 11 is 0. The number of aromatic nitrogens is 3. The van der Waals surface area contributed by atoms with Crippen LogP contribution in [-0.2, 0) is 10.0 Å². The van der Waals surface area contributed by atoms with Crippen LogP contribution < -0.4 is 10.5 Å². The molecule has 2 heterocycles. The molecule has 0 fully saturated rings. The number of benzene rings is 1. The van der Waals surface area contributed by atoms with Gasteiger partial charge >= 0.3 is 11.8 Å². The molecule has 0 bridgehead atoms. The first-order valence-electron chi connectivity index (χ1n) is 6.41. The van der Waals surface area contributed by atoms with Crippen LogP contribution in [0.3, 0.4) is 0 Å². The summed E-state index contributed by atoms with van der Waals surface area (Å²) in [5.74, 6) is -0.860. The third-order valence-corrected chi connectivity index (χ3v) is 4.84. The molecule has 2 aromatic heterocycles. The Hall–Kier alpha value is -2.88. The molecule has 0 unspecified atom stereocenters. The van der Waals surface area contributed by atoms with Crippen molar-refractivity contribution in [3.8, 4) is 11.8 Å². The summed E-state index contributed by atoms with van der Waals surface area (Å²) in [6, 6.07) is 7.75. The summed E-state index contributed by atoms with van der Waals surface area (Å²) in [6.07, 6.45) is 0. The summed E-state index contributed by atoms with van der Waals surface area (Å²) in [4.78, 5) is 11.6. The first kappa shape index (κ1) is 15.0. The number of hydrogen-bond donors (Lipinski definition) is 0. The summed E-state index contributed by atoms with van der Waals surface area (Å²) in [7, 11) is -4.33. The first-order chi connectivity index (χ1) is 10.9. The molecule has 0 radical (unpaired) electrons. The monoisotopic (exact) mass is 337 g/mol. The van der Waals surface area contributed by atoms with Gasteiger partial charge in [0.1, 0.15) is 11.4 Å². The number of rotatable bonds is 4. The third kappa shape index (κ3) is 2.52. The maximum atomic E-state index is 12.7. The van der Waals surface area contributed by atoms with Gasteiger partial charge in [0.2, 0.25) is 0 Å². The summed E-state index contributed by atoms with van der Waals surface area (Å²) in [5, 5.41) is 6.94. The van der Waals surface area contributed by atoms with Crippen LogP contribution in [0.1, 0.15) is 11.5 Å². The van der Waals surface area contributed by atoms with Crippen LogP contribution in [0.4, 0.5) is 0 Å². The van der Waals surface area contributed by atoms with Crippen molar-refractivity contribution < 1.29 is 22.2 Å². The standard InChI is InChI=1S/C13H11N3O6S/c1-8-11(9(2)21-14-8)23(18,19)16-12(15-22-13(16)17)20-10-6-4-3-5-7-10/h3-7H,1-2H3. The molecule has 0 atom stereocenters. The van der Waals surface area contributed by atoms with Crippen molar-refractivity contribution >= 4 is 10.0 Å². The predicted octanol–water partition coefficient (Wildman–Crippen LogP) is 1.47. The number of aryl methyl sites for hydroxylation is 2. The van der Waals surface area contributed by atoms with Crippen molar-refractivity contribution in [3.63, 3.8) is 0 Å². The molecule has 9 nitrogen and oxygen atoms in total. The van der Waals surface area contributed by atoms with Gasteiger partial charge in [-0.3, -0.25) is 4.52 Å². The zero-order chi connectivity index (χ0) is 16.6. The van der Waals surface area contributed by atoms with Gasteiger partial charge in [0, 0.05) is 0 Å². The molecule has 0 aliphatic rings. The quantitative estimate of drug-likeness (QED) is 0.702. The largest absolute Gasteiger partial charge is 0.458 e. The van der Waals surface area contributed by atoms with E-state index >= 15 is 0 Å². The second kappa shape index (κ2) is 5.39. The van der Waals surface area contributed by atoms with Gasteiger partial charge in [-0.25, -0.2) is 13.2 Å². The average Bonchev–Trinajstić information content (AvgIpc) is 3.03. The maximum Gasteiger partial charge on any atom is 0.458 e. The SMILES string of the molecule is Cc1noc(C)c1S(=O)(=O)n1c(Oc2ccccc2)noc1=O. The summed E-state index contributed by atoms with van der Waals surface area (Å²) in [6.45, 7) is 2.86. The maximum absolute atomic E-state index is 12.7. The van der Waals surface area contributed by atoms with Crippen LogP contribution in [0, 0.1) is 13.8 Å². The van der Waals surface area contributed by atoms with Crippen LogP contribution in [-0.4, -0.2) is 22.7 Å². The lowest BCUT2D eigenvalue weighted by Crippen LogP contribution is -2.25. The molecule has 1 aromatic carbocycles. The lowest BCUT2D eigenvalue weighted by atomic mass is 10.3. The van der Waals surface area contributed by atoms with E-state index in [1.165, 1.54) is 13.8 Å². The van der Waals surface area contributed by atoms with E-state index in [-0.39, 0.29) is 16.3 Å². The zero-order valence-electron chi connectivity index (χ0n) is 12.1. The third-order valence-electron chi connectivity index (χ3n) is 2.96. The van der Waals surface area contributed by atoms with Gasteiger partial charge in [0.15, 0.2) is 10.7 Å². The fourth-order valence-electron chi connectivity index (χ4n) is 2.02. The molecule has 0 aliphatic carbocycles. The van der Waals surface area contributed by atoms with Crippen LogP contribution in [0.15, 0.2) is 49.1 Å². The Kier molecular flexibility index (Phi) is 3.52. The van der Waals surface area contributed by atoms with Gasteiger partial charge in [-0.05, 0) is 31.1 Å². The van der Waals surface area contributed by atoms with Gasteiger partial charge in [0.05, 0.1) is 0 Å². The van der Waals surface area contributed by atoms with E-state index in [0.717, 1.165) is 0 Å². The molecule has 10 heteroatoms. The van der Waals surface area contributed by atoms with Crippen molar-refractivity contribution in [2.45, 2.75) is 18.7 Å². The highest BCUT2D eigenvalue weighted by Crippen LogP contribution is 2.25. The molecule has 0 aliphatic heterocycles. The van der Waals surface area contributed by atoms with Crippen LogP contribution in [0.2, 0.25) is 0 Å². The molecule has 0 amide bonds. The van der Waals surface area contributed by atoms with Gasteiger partial charge in [-0.15, -0.1) is 3.97 Å². The van der Waals surface area contributed by atoms with Gasteiger partial charge in [0.25, 0.3) is 10.0 Å². The molecular formula is C13H11N3O6S. The predicted molar refractivity (Wildman–Crippen MR) is 75.8 cm³/mol. The van der Waals surface area contributed by atoms with Crippen molar-refractivity contribution in [2.75, 3.05) is 0 Å².